The van der Waals surface area contributed by atoms with Crippen LogP contribution in [0.25, 0.3) is 0 Å². The molecule has 0 bridgehead atoms. The van der Waals surface area contributed by atoms with Gasteiger partial charge in [-0.15, -0.1) is 0 Å². The van der Waals surface area contributed by atoms with Gasteiger partial charge in [0.25, 0.3) is 5.91 Å². The standard InChI is InChI=1S/C16H17N3O4S/c1-10-4-5-11(2)16(12(10)3)23-9-14(20)18-17-8-13-6-7-15(24-13)19(21)22/h4-8H,9H2,1-3H3,(H,18,20)/b17-8+. The summed E-state index contributed by atoms with van der Waals surface area (Å²) < 4.78 is 5.58. The lowest BCUT2D eigenvalue weighted by molar-refractivity contribution is -0.380. The van der Waals surface area contributed by atoms with Crippen molar-refractivity contribution in [2.24, 2.45) is 5.10 Å². The highest BCUT2D eigenvalue weighted by molar-refractivity contribution is 7.16. The molecule has 1 N–H and O–H groups in total. The molecule has 0 aliphatic carbocycles. The lowest BCUT2D eigenvalue weighted by atomic mass is 10.1. The first-order chi connectivity index (χ1) is 11.4. The van der Waals surface area contributed by atoms with Gasteiger partial charge in [0.2, 0.25) is 0 Å². The fourth-order valence-electron chi connectivity index (χ4n) is 2.00. The second-order valence-electron chi connectivity index (χ2n) is 5.17. The van der Waals surface area contributed by atoms with E-state index in [2.05, 4.69) is 10.5 Å². The van der Waals surface area contributed by atoms with E-state index < -0.39 is 10.8 Å². The van der Waals surface area contributed by atoms with Crippen LogP contribution in [0.15, 0.2) is 29.4 Å². The van der Waals surface area contributed by atoms with E-state index in [0.29, 0.717) is 10.6 Å². The van der Waals surface area contributed by atoms with E-state index in [-0.39, 0.29) is 11.6 Å². The molecule has 1 aromatic heterocycles. The van der Waals surface area contributed by atoms with Crippen LogP contribution < -0.4 is 10.2 Å². The summed E-state index contributed by atoms with van der Waals surface area (Å²) in [5, 5.41) is 14.4. The van der Waals surface area contributed by atoms with Crippen LogP contribution in [0.5, 0.6) is 5.75 Å². The largest absolute Gasteiger partial charge is 0.483 e. The number of carbonyl (C=O) groups is 1. The molecule has 8 heteroatoms. The SMILES string of the molecule is Cc1ccc(C)c(OCC(=O)N/N=C/c2ccc([N+](=O)[O-])s2)c1C. The molecule has 0 aliphatic rings. The molecule has 1 aromatic carbocycles. The van der Waals surface area contributed by atoms with E-state index >= 15 is 0 Å². The van der Waals surface area contributed by atoms with Crippen molar-refractivity contribution >= 4 is 28.5 Å². The highest BCUT2D eigenvalue weighted by Gasteiger charge is 2.10. The molecule has 0 spiro atoms. The molecule has 0 unspecified atom stereocenters. The minimum absolute atomic E-state index is 0.0245. The van der Waals surface area contributed by atoms with E-state index in [1.165, 1.54) is 12.3 Å². The fraction of sp³-hybridized carbons (Fsp3) is 0.250. The zero-order valence-electron chi connectivity index (χ0n) is 13.5. The molecular formula is C16H17N3O4S. The summed E-state index contributed by atoms with van der Waals surface area (Å²) in [6.45, 7) is 5.68. The van der Waals surface area contributed by atoms with E-state index in [1.807, 2.05) is 32.9 Å². The van der Waals surface area contributed by atoms with E-state index in [0.717, 1.165) is 28.0 Å². The minimum atomic E-state index is -0.471. The molecular weight excluding hydrogens is 330 g/mol. The maximum Gasteiger partial charge on any atom is 0.324 e. The number of thiophene rings is 1. The van der Waals surface area contributed by atoms with Gasteiger partial charge in [0.1, 0.15) is 5.75 Å². The first-order valence-corrected chi connectivity index (χ1v) is 7.96. The Labute approximate surface area is 143 Å². The average molecular weight is 347 g/mol. The Morgan fingerprint density at radius 3 is 2.67 bits per heavy atom. The van der Waals surface area contributed by atoms with Gasteiger partial charge in [0.15, 0.2) is 6.61 Å². The van der Waals surface area contributed by atoms with Crippen LogP contribution in [-0.4, -0.2) is 23.7 Å². The number of amides is 1. The molecule has 1 amide bonds. The van der Waals surface area contributed by atoms with Gasteiger partial charge in [0.05, 0.1) is 16.0 Å². The van der Waals surface area contributed by atoms with Crippen molar-refractivity contribution in [2.45, 2.75) is 20.8 Å². The molecule has 0 atom stereocenters. The third-order valence-electron chi connectivity index (χ3n) is 3.39. The third kappa shape index (κ3) is 4.39. The number of benzene rings is 1. The number of carbonyl (C=O) groups excluding carboxylic acids is 1. The van der Waals surface area contributed by atoms with E-state index in [4.69, 9.17) is 4.74 Å². The number of nitrogens with one attached hydrogen (secondary N) is 1. The van der Waals surface area contributed by atoms with Crippen molar-refractivity contribution in [1.82, 2.24) is 5.43 Å². The van der Waals surface area contributed by atoms with Gasteiger partial charge in [-0.25, -0.2) is 5.43 Å². The molecule has 0 aliphatic heterocycles. The number of hydrogen-bond donors (Lipinski definition) is 1. The summed E-state index contributed by atoms with van der Waals surface area (Å²) in [6, 6.07) is 6.90. The second kappa shape index (κ2) is 7.69. The van der Waals surface area contributed by atoms with Crippen LogP contribution in [0.3, 0.4) is 0 Å². The smallest absolute Gasteiger partial charge is 0.324 e. The summed E-state index contributed by atoms with van der Waals surface area (Å²) in [4.78, 5) is 22.5. The van der Waals surface area contributed by atoms with Crippen molar-refractivity contribution in [3.63, 3.8) is 0 Å². The van der Waals surface area contributed by atoms with E-state index in [1.54, 1.807) is 6.07 Å². The quantitative estimate of drug-likeness (QED) is 0.493. The average Bonchev–Trinajstić information content (AvgIpc) is 3.00. The summed E-state index contributed by atoms with van der Waals surface area (Å²) >= 11 is 0.977. The Morgan fingerprint density at radius 2 is 2.00 bits per heavy atom. The first kappa shape index (κ1) is 17.6. The van der Waals surface area contributed by atoms with Gasteiger partial charge >= 0.3 is 5.00 Å². The number of hydrogen-bond acceptors (Lipinski definition) is 6. The molecule has 1 heterocycles. The first-order valence-electron chi connectivity index (χ1n) is 7.14. The number of nitro groups is 1. The Bertz CT molecular complexity index is 799. The monoisotopic (exact) mass is 347 g/mol. The molecule has 0 radical (unpaired) electrons. The Hall–Kier alpha value is -2.74. The summed E-state index contributed by atoms with van der Waals surface area (Å²) in [6.07, 6.45) is 1.36. The fourth-order valence-corrected chi connectivity index (χ4v) is 2.69. The molecule has 24 heavy (non-hydrogen) atoms. The highest BCUT2D eigenvalue weighted by atomic mass is 32.1. The Balaban J connectivity index is 1.88. The maximum absolute atomic E-state index is 11.8. The lowest BCUT2D eigenvalue weighted by Crippen LogP contribution is -2.25. The Morgan fingerprint density at radius 1 is 1.29 bits per heavy atom. The number of nitrogens with zero attached hydrogens (tertiary/aromatic N) is 2. The van der Waals surface area contributed by atoms with Crippen LogP contribution in [-0.2, 0) is 4.79 Å². The van der Waals surface area contributed by atoms with Gasteiger partial charge in [-0.05, 0) is 43.5 Å². The van der Waals surface area contributed by atoms with E-state index in [9.17, 15) is 14.9 Å². The summed E-state index contributed by atoms with van der Waals surface area (Å²) in [7, 11) is 0. The minimum Gasteiger partial charge on any atom is -0.483 e. The van der Waals surface area contributed by atoms with Crippen molar-refractivity contribution in [1.29, 1.82) is 0 Å². The van der Waals surface area contributed by atoms with Crippen molar-refractivity contribution in [2.75, 3.05) is 6.61 Å². The van der Waals surface area contributed by atoms with Crippen LogP contribution in [0.2, 0.25) is 0 Å². The van der Waals surface area contributed by atoms with Gasteiger partial charge in [-0.1, -0.05) is 23.5 Å². The van der Waals surface area contributed by atoms with Crippen molar-refractivity contribution in [3.8, 4) is 5.75 Å². The molecule has 0 fully saturated rings. The van der Waals surface area contributed by atoms with Gasteiger partial charge in [0, 0.05) is 6.07 Å². The summed E-state index contributed by atoms with van der Waals surface area (Å²) in [5.74, 6) is 0.292. The molecule has 126 valence electrons. The maximum atomic E-state index is 11.8. The third-order valence-corrected chi connectivity index (χ3v) is 4.37. The number of hydrazone groups is 1. The highest BCUT2D eigenvalue weighted by Crippen LogP contribution is 2.25. The predicted molar refractivity (Wildman–Crippen MR) is 92.9 cm³/mol. The molecule has 2 aromatic rings. The van der Waals surface area contributed by atoms with Gasteiger partial charge in [-0.3, -0.25) is 14.9 Å². The van der Waals surface area contributed by atoms with Crippen molar-refractivity contribution < 1.29 is 14.5 Å². The number of aryl methyl sites for hydroxylation is 2. The molecule has 2 rings (SSSR count). The van der Waals surface area contributed by atoms with Gasteiger partial charge in [-0.2, -0.15) is 5.10 Å². The van der Waals surface area contributed by atoms with Crippen molar-refractivity contribution in [3.05, 3.63) is 55.9 Å². The molecule has 7 nitrogen and oxygen atoms in total. The molecule has 0 saturated carbocycles. The van der Waals surface area contributed by atoms with Crippen LogP contribution >= 0.6 is 11.3 Å². The predicted octanol–water partition coefficient (Wildman–Crippen LogP) is 3.11. The van der Waals surface area contributed by atoms with Crippen LogP contribution in [0, 0.1) is 30.9 Å². The molecule has 0 saturated heterocycles. The zero-order valence-corrected chi connectivity index (χ0v) is 14.3. The van der Waals surface area contributed by atoms with Gasteiger partial charge < -0.3 is 4.74 Å². The number of ether oxygens (including phenoxy) is 1. The summed E-state index contributed by atoms with van der Waals surface area (Å²) in [5.41, 5.74) is 5.38. The second-order valence-corrected chi connectivity index (χ2v) is 6.26. The number of rotatable bonds is 6. The topological polar surface area (TPSA) is 93.8 Å². The lowest BCUT2D eigenvalue weighted by Gasteiger charge is -2.13. The van der Waals surface area contributed by atoms with Crippen LogP contribution in [0.4, 0.5) is 5.00 Å². The van der Waals surface area contributed by atoms with Crippen LogP contribution in [0.1, 0.15) is 21.6 Å². The Kier molecular flexibility index (Phi) is 5.64. The zero-order chi connectivity index (χ0) is 17.7. The normalized spacial score (nSPS) is 10.8.